The molecule has 0 aromatic carbocycles. The molecule has 0 radical (unpaired) electrons. The van der Waals surface area contributed by atoms with Gasteiger partial charge in [-0.2, -0.15) is 0 Å². The Kier molecular flexibility index (Phi) is 12.2. The van der Waals surface area contributed by atoms with Crippen LogP contribution in [-0.2, 0) is 14.8 Å². The Labute approximate surface area is 163 Å². The Balaban J connectivity index is 0.00000484. The van der Waals surface area contributed by atoms with Gasteiger partial charge in [0, 0.05) is 26.7 Å². The van der Waals surface area contributed by atoms with Crippen LogP contribution in [0.3, 0.4) is 0 Å². The smallest absolute Gasteiger partial charge is 0.250 e. The van der Waals surface area contributed by atoms with E-state index in [4.69, 9.17) is 16.3 Å². The van der Waals surface area contributed by atoms with Gasteiger partial charge in [-0.25, -0.2) is 13.1 Å². The minimum Gasteiger partial charge on any atom is -0.383 e. The molecule has 0 fully saturated rings. The third-order valence-corrected chi connectivity index (χ3v) is 5.61. The summed E-state index contributed by atoms with van der Waals surface area (Å²) in [7, 11) is -1.89. The Morgan fingerprint density at radius 2 is 2.09 bits per heavy atom. The van der Waals surface area contributed by atoms with Crippen LogP contribution in [0, 0.1) is 0 Å². The lowest BCUT2D eigenvalue weighted by atomic mass is 10.6. The van der Waals surface area contributed by atoms with Crippen LogP contribution in [0.2, 0.25) is 4.34 Å². The average Bonchev–Trinajstić information content (AvgIpc) is 2.91. The normalized spacial score (nSPS) is 11.9. The van der Waals surface area contributed by atoms with Crippen molar-refractivity contribution >= 4 is 62.9 Å². The second-order valence-corrected chi connectivity index (χ2v) is 7.85. The van der Waals surface area contributed by atoms with Gasteiger partial charge in [-0.15, -0.1) is 35.3 Å². The van der Waals surface area contributed by atoms with Crippen molar-refractivity contribution in [2.24, 2.45) is 4.99 Å². The van der Waals surface area contributed by atoms with Gasteiger partial charge in [-0.05, 0) is 19.1 Å². The number of rotatable bonds is 9. The molecule has 0 saturated carbocycles. The minimum atomic E-state index is -3.52. The number of hydrogen-bond donors (Lipinski definition) is 3. The molecule has 0 aliphatic heterocycles. The predicted octanol–water partition coefficient (Wildman–Crippen LogP) is 1.50. The molecular weight excluding hydrogens is 475 g/mol. The molecule has 1 aromatic rings. The first kappa shape index (κ1) is 22.9. The van der Waals surface area contributed by atoms with Crippen LogP contribution in [-0.4, -0.2) is 54.3 Å². The number of halogens is 2. The van der Waals surface area contributed by atoms with Gasteiger partial charge in [0.05, 0.1) is 17.5 Å². The van der Waals surface area contributed by atoms with Gasteiger partial charge in [-0.3, -0.25) is 4.99 Å². The molecule has 0 spiro atoms. The molecule has 1 aromatic heterocycles. The lowest BCUT2D eigenvalue weighted by Crippen LogP contribution is -2.39. The first-order valence-electron chi connectivity index (χ1n) is 6.75. The molecule has 1 heterocycles. The number of sulfonamides is 1. The van der Waals surface area contributed by atoms with Gasteiger partial charge in [0.1, 0.15) is 4.21 Å². The highest BCUT2D eigenvalue weighted by Crippen LogP contribution is 2.25. The molecule has 11 heteroatoms. The van der Waals surface area contributed by atoms with Crippen LogP contribution in [0.5, 0.6) is 0 Å². The van der Waals surface area contributed by atoms with Crippen molar-refractivity contribution < 1.29 is 13.2 Å². The first-order valence-corrected chi connectivity index (χ1v) is 9.43. The zero-order chi connectivity index (χ0) is 16.4. The summed E-state index contributed by atoms with van der Waals surface area (Å²) in [5, 5.41) is 6.14. The van der Waals surface area contributed by atoms with Gasteiger partial charge in [0.15, 0.2) is 5.96 Å². The van der Waals surface area contributed by atoms with E-state index in [9.17, 15) is 8.42 Å². The summed E-state index contributed by atoms with van der Waals surface area (Å²) >= 11 is 6.76. The lowest BCUT2D eigenvalue weighted by Gasteiger charge is -2.10. The summed E-state index contributed by atoms with van der Waals surface area (Å²) in [6.07, 6.45) is 0. The number of hydrogen-bond acceptors (Lipinski definition) is 5. The van der Waals surface area contributed by atoms with E-state index in [1.807, 2.05) is 6.92 Å². The molecule has 1 rings (SSSR count). The Bertz CT molecular complexity index is 581. The van der Waals surface area contributed by atoms with E-state index in [1.165, 1.54) is 6.07 Å². The minimum absolute atomic E-state index is 0. The maximum Gasteiger partial charge on any atom is 0.250 e. The largest absolute Gasteiger partial charge is 0.383 e. The van der Waals surface area contributed by atoms with Crippen LogP contribution >= 0.6 is 46.9 Å². The van der Waals surface area contributed by atoms with Crippen molar-refractivity contribution in [1.82, 2.24) is 15.4 Å². The fraction of sp³-hybridized carbons (Fsp3) is 0.583. The van der Waals surface area contributed by atoms with Crippen molar-refractivity contribution in [2.45, 2.75) is 11.1 Å². The van der Waals surface area contributed by atoms with E-state index < -0.39 is 10.0 Å². The van der Waals surface area contributed by atoms with Crippen LogP contribution in [0.1, 0.15) is 6.92 Å². The second-order valence-electron chi connectivity index (χ2n) is 4.14. The molecule has 7 nitrogen and oxygen atoms in total. The highest BCUT2D eigenvalue weighted by Gasteiger charge is 2.15. The number of aliphatic imine (C=N–C) groups is 1. The van der Waals surface area contributed by atoms with E-state index in [-0.39, 0.29) is 34.7 Å². The molecule has 3 N–H and O–H groups in total. The summed E-state index contributed by atoms with van der Waals surface area (Å²) in [6.45, 7) is 4.40. The molecule has 0 amide bonds. The van der Waals surface area contributed by atoms with Gasteiger partial charge in [0.25, 0.3) is 0 Å². The van der Waals surface area contributed by atoms with Gasteiger partial charge < -0.3 is 15.4 Å². The van der Waals surface area contributed by atoms with Crippen LogP contribution in [0.25, 0.3) is 0 Å². The number of nitrogens with one attached hydrogen (secondary N) is 3. The SMILES string of the molecule is CCNC(=NCCNS(=O)(=O)c1ccc(Cl)s1)NCCOC.I. The van der Waals surface area contributed by atoms with E-state index in [1.54, 1.807) is 13.2 Å². The second kappa shape index (κ2) is 12.3. The van der Waals surface area contributed by atoms with Crippen molar-refractivity contribution in [3.05, 3.63) is 16.5 Å². The van der Waals surface area contributed by atoms with E-state index >= 15 is 0 Å². The Hall–Kier alpha value is -0.140. The summed E-state index contributed by atoms with van der Waals surface area (Å²) < 4.78 is 32.0. The molecule has 23 heavy (non-hydrogen) atoms. The van der Waals surface area contributed by atoms with Crippen LogP contribution in [0.15, 0.2) is 21.3 Å². The quantitative estimate of drug-likeness (QED) is 0.209. The Morgan fingerprint density at radius 1 is 1.35 bits per heavy atom. The highest BCUT2D eigenvalue weighted by atomic mass is 127. The lowest BCUT2D eigenvalue weighted by molar-refractivity contribution is 0.203. The molecule has 0 aliphatic carbocycles. The summed E-state index contributed by atoms with van der Waals surface area (Å²) in [4.78, 5) is 4.28. The molecule has 0 aliphatic rings. The highest BCUT2D eigenvalue weighted by molar-refractivity contribution is 14.0. The molecule has 134 valence electrons. The summed E-state index contributed by atoms with van der Waals surface area (Å²) in [6, 6.07) is 3.04. The van der Waals surface area contributed by atoms with Crippen LogP contribution < -0.4 is 15.4 Å². The molecule has 0 unspecified atom stereocenters. The fourth-order valence-corrected chi connectivity index (χ4v) is 4.02. The molecule has 0 saturated heterocycles. The molecule has 0 atom stereocenters. The number of ether oxygens (including phenoxy) is 1. The third kappa shape index (κ3) is 9.05. The van der Waals surface area contributed by atoms with Crippen molar-refractivity contribution in [1.29, 1.82) is 0 Å². The predicted molar refractivity (Wildman–Crippen MR) is 106 cm³/mol. The summed E-state index contributed by atoms with van der Waals surface area (Å²) in [5.74, 6) is 0.623. The van der Waals surface area contributed by atoms with Gasteiger partial charge >= 0.3 is 0 Å². The maximum absolute atomic E-state index is 12.0. The zero-order valence-corrected chi connectivity index (χ0v) is 17.7. The van der Waals surface area contributed by atoms with Gasteiger partial charge in [-0.1, -0.05) is 11.6 Å². The maximum atomic E-state index is 12.0. The monoisotopic (exact) mass is 496 g/mol. The number of guanidine groups is 1. The van der Waals surface area contributed by atoms with Gasteiger partial charge in [0.2, 0.25) is 10.0 Å². The van der Waals surface area contributed by atoms with E-state index in [0.717, 1.165) is 17.9 Å². The zero-order valence-electron chi connectivity index (χ0n) is 13.0. The van der Waals surface area contributed by atoms with E-state index in [0.29, 0.717) is 30.0 Å². The number of thiophene rings is 1. The summed E-state index contributed by atoms with van der Waals surface area (Å²) in [5.41, 5.74) is 0. The van der Waals surface area contributed by atoms with Crippen molar-refractivity contribution in [3.63, 3.8) is 0 Å². The molecular formula is C12H22ClIN4O3S2. The van der Waals surface area contributed by atoms with E-state index in [2.05, 4.69) is 20.3 Å². The molecule has 0 bridgehead atoms. The standard InChI is InChI=1S/C12H21ClN4O3S2.HI/c1-3-14-12(16-8-9-20-2)15-6-7-17-22(18,19)11-5-4-10(13)21-11;/h4-5,17H,3,6-9H2,1-2H3,(H2,14,15,16);1H. The first-order chi connectivity index (χ1) is 10.5. The number of nitrogens with zero attached hydrogens (tertiary/aromatic N) is 1. The third-order valence-electron chi connectivity index (χ3n) is 2.43. The number of methoxy groups -OCH3 is 1. The van der Waals surface area contributed by atoms with Crippen molar-refractivity contribution in [3.8, 4) is 0 Å². The fourth-order valence-electron chi connectivity index (χ4n) is 1.47. The van der Waals surface area contributed by atoms with Crippen LogP contribution in [0.4, 0.5) is 0 Å². The Morgan fingerprint density at radius 3 is 2.65 bits per heavy atom. The topological polar surface area (TPSA) is 91.8 Å². The average molecular weight is 497 g/mol. The van der Waals surface area contributed by atoms with Crippen molar-refractivity contribution in [2.75, 3.05) is 39.9 Å².